The zero-order chi connectivity index (χ0) is 24.2. The van der Waals surface area contributed by atoms with Gasteiger partial charge in [0.15, 0.2) is 11.4 Å². The second-order valence-electron chi connectivity index (χ2n) is 9.97. The lowest BCUT2D eigenvalue weighted by Crippen LogP contribution is -2.47. The Morgan fingerprint density at radius 3 is 2.49 bits per heavy atom. The SMILES string of the molecule is O=C(NC1CCC(CCN2CCN(c3noc4cc(Cl)c(Cl)cc34)CC2)CC1)OC1CCOCC1. The molecular weight excluding hydrogens is 491 g/mol. The Kier molecular flexibility index (Phi) is 8.22. The van der Waals surface area contributed by atoms with Gasteiger partial charge in [-0.05, 0) is 50.6 Å². The Bertz CT molecular complexity index is 997. The van der Waals surface area contributed by atoms with Gasteiger partial charge < -0.3 is 24.2 Å². The number of amides is 1. The molecule has 192 valence electrons. The number of hydrogen-bond donors (Lipinski definition) is 1. The average molecular weight is 525 g/mol. The number of benzene rings is 1. The van der Waals surface area contributed by atoms with E-state index in [1.165, 1.54) is 6.42 Å². The first-order chi connectivity index (χ1) is 17.0. The van der Waals surface area contributed by atoms with Crippen LogP contribution in [0, 0.1) is 5.92 Å². The number of nitrogens with zero attached hydrogens (tertiary/aromatic N) is 3. The van der Waals surface area contributed by atoms with Crippen LogP contribution in [0.5, 0.6) is 0 Å². The van der Waals surface area contributed by atoms with E-state index in [-0.39, 0.29) is 18.2 Å². The molecule has 3 heterocycles. The summed E-state index contributed by atoms with van der Waals surface area (Å²) in [5.41, 5.74) is 0.666. The first-order valence-electron chi connectivity index (χ1n) is 12.8. The van der Waals surface area contributed by atoms with E-state index in [9.17, 15) is 4.79 Å². The minimum Gasteiger partial charge on any atom is -0.446 e. The van der Waals surface area contributed by atoms with Crippen molar-refractivity contribution in [2.45, 2.75) is 57.1 Å². The van der Waals surface area contributed by atoms with Crippen LogP contribution >= 0.6 is 23.2 Å². The van der Waals surface area contributed by atoms with Gasteiger partial charge in [-0.3, -0.25) is 4.90 Å². The fraction of sp³-hybridized carbons (Fsp3) is 0.680. The highest BCUT2D eigenvalue weighted by Crippen LogP contribution is 2.34. The fourth-order valence-corrected chi connectivity index (χ4v) is 5.76. The van der Waals surface area contributed by atoms with Crippen molar-refractivity contribution in [1.82, 2.24) is 15.4 Å². The van der Waals surface area contributed by atoms with E-state index in [4.69, 9.17) is 37.2 Å². The highest BCUT2D eigenvalue weighted by atomic mass is 35.5. The molecule has 1 N–H and O–H groups in total. The lowest BCUT2D eigenvalue weighted by atomic mass is 9.84. The first kappa shape index (κ1) is 24.9. The minimum absolute atomic E-state index is 0.000125. The molecule has 3 aliphatic rings. The van der Waals surface area contributed by atoms with Crippen LogP contribution in [0.2, 0.25) is 10.0 Å². The molecule has 0 radical (unpaired) electrons. The van der Waals surface area contributed by atoms with E-state index in [1.807, 2.05) is 6.07 Å². The summed E-state index contributed by atoms with van der Waals surface area (Å²) in [5, 5.41) is 9.27. The van der Waals surface area contributed by atoms with Gasteiger partial charge in [0.1, 0.15) is 6.10 Å². The van der Waals surface area contributed by atoms with Crippen molar-refractivity contribution in [2.75, 3.05) is 50.8 Å². The second-order valence-corrected chi connectivity index (χ2v) is 10.8. The standard InChI is InChI=1S/C25H34Cl2N4O4/c26-21-15-20-23(16-22(21)27)35-29-24(20)31-11-9-30(10-12-31)8-5-17-1-3-18(4-2-17)28-25(32)34-19-6-13-33-14-7-19/h15-19H,1-14H2,(H,28,32). The normalized spacial score (nSPS) is 24.6. The number of carbonyl (C=O) groups excluding carboxylic acids is 1. The van der Waals surface area contributed by atoms with Crippen LogP contribution in [-0.2, 0) is 9.47 Å². The molecule has 1 aromatic heterocycles. The minimum atomic E-state index is -0.261. The molecule has 1 aromatic carbocycles. The summed E-state index contributed by atoms with van der Waals surface area (Å²) in [4.78, 5) is 17.0. The number of halogens is 2. The van der Waals surface area contributed by atoms with E-state index in [2.05, 4.69) is 20.3 Å². The maximum Gasteiger partial charge on any atom is 0.407 e. The molecule has 8 nitrogen and oxygen atoms in total. The average Bonchev–Trinajstić information content (AvgIpc) is 3.27. The predicted octanol–water partition coefficient (Wildman–Crippen LogP) is 5.11. The number of carbonyl (C=O) groups is 1. The van der Waals surface area contributed by atoms with Gasteiger partial charge in [-0.1, -0.05) is 28.4 Å². The van der Waals surface area contributed by atoms with Gasteiger partial charge in [-0.2, -0.15) is 0 Å². The molecule has 0 unspecified atom stereocenters. The lowest BCUT2D eigenvalue weighted by Gasteiger charge is -2.36. The van der Waals surface area contributed by atoms with Crippen molar-refractivity contribution in [2.24, 2.45) is 5.92 Å². The summed E-state index contributed by atoms with van der Waals surface area (Å²) in [6.07, 6.45) is 6.94. The molecule has 10 heteroatoms. The highest BCUT2D eigenvalue weighted by Gasteiger charge is 2.26. The molecule has 1 amide bonds. The maximum atomic E-state index is 12.2. The van der Waals surface area contributed by atoms with Crippen molar-refractivity contribution in [3.63, 3.8) is 0 Å². The molecule has 0 bridgehead atoms. The molecule has 2 aromatic rings. The number of rotatable bonds is 6. The molecule has 2 saturated heterocycles. The van der Waals surface area contributed by atoms with E-state index < -0.39 is 0 Å². The van der Waals surface area contributed by atoms with Crippen molar-refractivity contribution in [3.05, 3.63) is 22.2 Å². The summed E-state index contributed by atoms with van der Waals surface area (Å²) < 4.78 is 16.4. The number of piperazine rings is 1. The van der Waals surface area contributed by atoms with Crippen LogP contribution in [-0.4, -0.2) is 74.2 Å². The molecule has 0 spiro atoms. The Balaban J connectivity index is 1.00. The highest BCUT2D eigenvalue weighted by molar-refractivity contribution is 6.42. The molecule has 2 aliphatic heterocycles. The van der Waals surface area contributed by atoms with Gasteiger partial charge in [0.25, 0.3) is 0 Å². The second kappa shape index (κ2) is 11.5. The Hall–Kier alpha value is -1.74. The van der Waals surface area contributed by atoms with Crippen molar-refractivity contribution >= 4 is 46.1 Å². The molecule has 1 aliphatic carbocycles. The zero-order valence-corrected chi connectivity index (χ0v) is 21.5. The summed E-state index contributed by atoms with van der Waals surface area (Å²) >= 11 is 12.3. The quantitative estimate of drug-likeness (QED) is 0.562. The predicted molar refractivity (Wildman–Crippen MR) is 137 cm³/mol. The number of hydrogen-bond acceptors (Lipinski definition) is 7. The van der Waals surface area contributed by atoms with Gasteiger partial charge in [-0.25, -0.2) is 4.79 Å². The van der Waals surface area contributed by atoms with Crippen LogP contribution in [0.3, 0.4) is 0 Å². The number of aromatic nitrogens is 1. The third-order valence-corrected chi connectivity index (χ3v) is 8.35. The number of ether oxygens (including phenoxy) is 2. The first-order valence-corrected chi connectivity index (χ1v) is 13.6. The van der Waals surface area contributed by atoms with E-state index in [0.29, 0.717) is 28.8 Å². The number of nitrogens with one attached hydrogen (secondary N) is 1. The Morgan fingerprint density at radius 2 is 1.74 bits per heavy atom. The van der Waals surface area contributed by atoms with Gasteiger partial charge in [-0.15, -0.1) is 0 Å². The maximum absolute atomic E-state index is 12.2. The number of fused-ring (bicyclic) bond motifs is 1. The number of anilines is 1. The largest absolute Gasteiger partial charge is 0.446 e. The molecule has 0 atom stereocenters. The third-order valence-electron chi connectivity index (χ3n) is 7.63. The Labute approximate surface area is 216 Å². The topological polar surface area (TPSA) is 80.1 Å². The van der Waals surface area contributed by atoms with Gasteiger partial charge in [0.2, 0.25) is 0 Å². The molecule has 1 saturated carbocycles. The van der Waals surface area contributed by atoms with Gasteiger partial charge in [0.05, 0.1) is 28.6 Å². The molecule has 5 rings (SSSR count). The molecule has 3 fully saturated rings. The van der Waals surface area contributed by atoms with Crippen LogP contribution in [0.25, 0.3) is 11.0 Å². The summed E-state index contributed by atoms with van der Waals surface area (Å²) in [6, 6.07) is 3.81. The fourth-order valence-electron chi connectivity index (χ4n) is 5.44. The molecular formula is C25H34Cl2N4O4. The van der Waals surface area contributed by atoms with E-state index in [1.54, 1.807) is 6.07 Å². The third kappa shape index (κ3) is 6.34. The van der Waals surface area contributed by atoms with Crippen LogP contribution in [0.1, 0.15) is 44.9 Å². The van der Waals surface area contributed by atoms with Gasteiger partial charge >= 0.3 is 6.09 Å². The summed E-state index contributed by atoms with van der Waals surface area (Å²) in [5.74, 6) is 1.57. The van der Waals surface area contributed by atoms with Crippen LogP contribution in [0.4, 0.5) is 10.6 Å². The van der Waals surface area contributed by atoms with Crippen molar-refractivity contribution < 1.29 is 18.8 Å². The van der Waals surface area contributed by atoms with E-state index >= 15 is 0 Å². The number of alkyl carbamates (subject to hydrolysis) is 1. The van der Waals surface area contributed by atoms with Crippen molar-refractivity contribution in [3.8, 4) is 0 Å². The summed E-state index contributed by atoms with van der Waals surface area (Å²) in [7, 11) is 0. The van der Waals surface area contributed by atoms with E-state index in [0.717, 1.165) is 88.4 Å². The summed E-state index contributed by atoms with van der Waals surface area (Å²) in [6.45, 7) is 6.30. The smallest absolute Gasteiger partial charge is 0.407 e. The lowest BCUT2D eigenvalue weighted by molar-refractivity contribution is 0.000273. The molecule has 35 heavy (non-hydrogen) atoms. The van der Waals surface area contributed by atoms with Gasteiger partial charge in [0, 0.05) is 51.1 Å². The van der Waals surface area contributed by atoms with Crippen LogP contribution < -0.4 is 10.2 Å². The monoisotopic (exact) mass is 524 g/mol. The Morgan fingerprint density at radius 1 is 1.03 bits per heavy atom. The van der Waals surface area contributed by atoms with Crippen LogP contribution in [0.15, 0.2) is 16.7 Å². The zero-order valence-electron chi connectivity index (χ0n) is 20.0. The van der Waals surface area contributed by atoms with Crippen molar-refractivity contribution in [1.29, 1.82) is 0 Å².